The summed E-state index contributed by atoms with van der Waals surface area (Å²) < 4.78 is 5.41. The van der Waals surface area contributed by atoms with Crippen molar-refractivity contribution in [2.24, 2.45) is 16.6 Å². The van der Waals surface area contributed by atoms with Crippen LogP contribution in [0, 0.1) is 5.92 Å². The first kappa shape index (κ1) is 17.8. The predicted octanol–water partition coefficient (Wildman–Crippen LogP) is 1.26. The van der Waals surface area contributed by atoms with Crippen molar-refractivity contribution in [1.29, 1.82) is 0 Å². The number of rotatable bonds is 6. The molecule has 0 bridgehead atoms. The third-order valence-corrected chi connectivity index (χ3v) is 4.92. The summed E-state index contributed by atoms with van der Waals surface area (Å²) in [5.41, 5.74) is 5.22. The highest BCUT2D eigenvalue weighted by molar-refractivity contribution is 5.89. The van der Waals surface area contributed by atoms with Gasteiger partial charge in [0.2, 0.25) is 0 Å². The molecule has 0 aromatic carbocycles. The van der Waals surface area contributed by atoms with Gasteiger partial charge in [0.15, 0.2) is 11.7 Å². The van der Waals surface area contributed by atoms with Crippen molar-refractivity contribution in [2.45, 2.75) is 32.7 Å². The smallest absolute Gasteiger partial charge is 0.284 e. The molecule has 25 heavy (non-hydrogen) atoms. The molecule has 1 aromatic rings. The predicted molar refractivity (Wildman–Crippen MR) is 97.4 cm³/mol. The summed E-state index contributed by atoms with van der Waals surface area (Å²) in [5, 5.41) is 3.37. The Morgan fingerprint density at radius 3 is 2.84 bits per heavy atom. The molecule has 0 saturated carbocycles. The Morgan fingerprint density at radius 1 is 1.36 bits per heavy atom. The van der Waals surface area contributed by atoms with Gasteiger partial charge in [0, 0.05) is 26.2 Å². The number of furan rings is 1. The van der Waals surface area contributed by atoms with Crippen LogP contribution in [0.5, 0.6) is 0 Å². The van der Waals surface area contributed by atoms with Gasteiger partial charge in [-0.3, -0.25) is 4.79 Å². The fraction of sp³-hybridized carbons (Fsp3) is 0.667. The SMILES string of the molecule is CCNC(=NCc1ccc(C(N)=O)o1)N1CCC(CN2CCCC2)C1. The summed E-state index contributed by atoms with van der Waals surface area (Å²) >= 11 is 0. The van der Waals surface area contributed by atoms with Crippen LogP contribution >= 0.6 is 0 Å². The van der Waals surface area contributed by atoms with Gasteiger partial charge in [-0.1, -0.05) is 0 Å². The Morgan fingerprint density at radius 2 is 2.16 bits per heavy atom. The van der Waals surface area contributed by atoms with Gasteiger partial charge in [0.25, 0.3) is 5.91 Å². The minimum Gasteiger partial charge on any atom is -0.454 e. The lowest BCUT2D eigenvalue weighted by Gasteiger charge is -2.23. The number of primary amides is 1. The van der Waals surface area contributed by atoms with Gasteiger partial charge in [-0.25, -0.2) is 4.99 Å². The maximum Gasteiger partial charge on any atom is 0.284 e. The van der Waals surface area contributed by atoms with Crippen LogP contribution in [0.1, 0.15) is 42.5 Å². The fourth-order valence-corrected chi connectivity index (χ4v) is 3.68. The van der Waals surface area contributed by atoms with Crippen molar-refractivity contribution in [3.63, 3.8) is 0 Å². The highest BCUT2D eigenvalue weighted by Gasteiger charge is 2.27. The summed E-state index contributed by atoms with van der Waals surface area (Å²) in [7, 11) is 0. The molecule has 2 aliphatic heterocycles. The maximum absolute atomic E-state index is 11.1. The quantitative estimate of drug-likeness (QED) is 0.598. The molecule has 1 aromatic heterocycles. The van der Waals surface area contributed by atoms with Gasteiger partial charge < -0.3 is 25.3 Å². The Balaban J connectivity index is 1.57. The standard InChI is InChI=1S/C18H29N5O2/c1-2-20-18(21-11-15-5-6-16(25-15)17(19)24)23-10-7-14(13-23)12-22-8-3-4-9-22/h5-6,14H,2-4,7-13H2,1H3,(H2,19,24)(H,20,21). The van der Waals surface area contributed by atoms with Crippen molar-refractivity contribution in [3.8, 4) is 0 Å². The van der Waals surface area contributed by atoms with Crippen molar-refractivity contribution in [1.82, 2.24) is 15.1 Å². The van der Waals surface area contributed by atoms with Crippen LogP contribution in [-0.2, 0) is 6.54 Å². The Labute approximate surface area is 149 Å². The zero-order valence-corrected chi connectivity index (χ0v) is 15.0. The number of guanidine groups is 1. The van der Waals surface area contributed by atoms with E-state index in [2.05, 4.69) is 27.0 Å². The Bertz CT molecular complexity index is 606. The number of hydrogen-bond acceptors (Lipinski definition) is 4. The first-order chi connectivity index (χ1) is 12.2. The molecular weight excluding hydrogens is 318 g/mol. The molecule has 7 nitrogen and oxygen atoms in total. The number of nitrogens with zero attached hydrogens (tertiary/aromatic N) is 3. The molecular formula is C18H29N5O2. The van der Waals surface area contributed by atoms with Gasteiger partial charge in [0.1, 0.15) is 12.3 Å². The van der Waals surface area contributed by atoms with Crippen molar-refractivity contribution in [3.05, 3.63) is 23.7 Å². The molecule has 7 heteroatoms. The zero-order chi connectivity index (χ0) is 17.6. The van der Waals surface area contributed by atoms with Crippen LogP contribution in [0.25, 0.3) is 0 Å². The van der Waals surface area contributed by atoms with Gasteiger partial charge in [-0.2, -0.15) is 0 Å². The molecule has 0 spiro atoms. The lowest BCUT2D eigenvalue weighted by Crippen LogP contribution is -2.40. The third-order valence-electron chi connectivity index (χ3n) is 4.92. The summed E-state index contributed by atoms with van der Waals surface area (Å²) in [6.45, 7) is 9.11. The number of nitrogens with two attached hydrogens (primary N) is 1. The maximum atomic E-state index is 11.1. The summed E-state index contributed by atoms with van der Waals surface area (Å²) in [5.74, 6) is 1.92. The van der Waals surface area contributed by atoms with E-state index in [4.69, 9.17) is 10.2 Å². The van der Waals surface area contributed by atoms with Crippen molar-refractivity contribution in [2.75, 3.05) is 39.3 Å². The van der Waals surface area contributed by atoms with Crippen LogP contribution in [-0.4, -0.2) is 60.9 Å². The van der Waals surface area contributed by atoms with E-state index < -0.39 is 5.91 Å². The molecule has 3 rings (SSSR count). The topological polar surface area (TPSA) is 87.1 Å². The first-order valence-corrected chi connectivity index (χ1v) is 9.30. The van der Waals surface area contributed by atoms with E-state index >= 15 is 0 Å². The number of amides is 1. The van der Waals surface area contributed by atoms with Crippen LogP contribution in [0.4, 0.5) is 0 Å². The number of aliphatic imine (C=N–C) groups is 1. The van der Waals surface area contributed by atoms with E-state index in [-0.39, 0.29) is 5.76 Å². The van der Waals surface area contributed by atoms with E-state index in [0.29, 0.717) is 18.2 Å². The molecule has 3 N–H and O–H groups in total. The largest absolute Gasteiger partial charge is 0.454 e. The van der Waals surface area contributed by atoms with Crippen molar-refractivity contribution >= 4 is 11.9 Å². The molecule has 1 atom stereocenters. The zero-order valence-electron chi connectivity index (χ0n) is 15.0. The highest BCUT2D eigenvalue weighted by Crippen LogP contribution is 2.20. The molecule has 3 heterocycles. The summed E-state index contributed by atoms with van der Waals surface area (Å²) in [6.07, 6.45) is 3.90. The molecule has 0 aliphatic carbocycles. The Hall–Kier alpha value is -2.02. The average molecular weight is 347 g/mol. The van der Waals surface area contributed by atoms with Crippen LogP contribution in [0.15, 0.2) is 21.5 Å². The molecule has 2 saturated heterocycles. The summed E-state index contributed by atoms with van der Waals surface area (Å²) in [4.78, 5) is 20.7. The second kappa shape index (κ2) is 8.38. The molecule has 0 radical (unpaired) electrons. The lowest BCUT2D eigenvalue weighted by molar-refractivity contribution is 0.0972. The fourth-order valence-electron chi connectivity index (χ4n) is 3.68. The minimum absolute atomic E-state index is 0.182. The first-order valence-electron chi connectivity index (χ1n) is 9.30. The van der Waals surface area contributed by atoms with E-state index in [1.54, 1.807) is 12.1 Å². The average Bonchev–Trinajstić information content (AvgIpc) is 3.33. The normalized spacial score (nSPS) is 21.9. The summed E-state index contributed by atoms with van der Waals surface area (Å²) in [6, 6.07) is 3.36. The van der Waals surface area contributed by atoms with E-state index in [1.165, 1.54) is 38.9 Å². The van der Waals surface area contributed by atoms with E-state index in [0.717, 1.165) is 25.6 Å². The minimum atomic E-state index is -0.550. The van der Waals surface area contributed by atoms with Gasteiger partial charge >= 0.3 is 0 Å². The third kappa shape index (κ3) is 4.75. The molecule has 1 unspecified atom stereocenters. The highest BCUT2D eigenvalue weighted by atomic mass is 16.3. The monoisotopic (exact) mass is 347 g/mol. The number of likely N-dealkylation sites (tertiary alicyclic amines) is 2. The van der Waals surface area contributed by atoms with Gasteiger partial charge in [-0.05, 0) is 57.3 Å². The lowest BCUT2D eigenvalue weighted by atomic mass is 10.1. The second-order valence-electron chi connectivity index (χ2n) is 6.91. The molecule has 138 valence electrons. The van der Waals surface area contributed by atoms with Crippen LogP contribution in [0.3, 0.4) is 0 Å². The number of carbonyl (C=O) groups is 1. The number of nitrogens with one attached hydrogen (secondary N) is 1. The molecule has 2 fully saturated rings. The van der Waals surface area contributed by atoms with E-state index in [9.17, 15) is 4.79 Å². The second-order valence-corrected chi connectivity index (χ2v) is 6.91. The van der Waals surface area contributed by atoms with Gasteiger partial charge in [-0.15, -0.1) is 0 Å². The van der Waals surface area contributed by atoms with E-state index in [1.807, 2.05) is 0 Å². The number of hydrogen-bond donors (Lipinski definition) is 2. The van der Waals surface area contributed by atoms with Crippen LogP contribution in [0.2, 0.25) is 0 Å². The molecule has 2 aliphatic rings. The van der Waals surface area contributed by atoms with Crippen LogP contribution < -0.4 is 11.1 Å². The van der Waals surface area contributed by atoms with Gasteiger partial charge in [0.05, 0.1) is 0 Å². The van der Waals surface area contributed by atoms with Crippen molar-refractivity contribution < 1.29 is 9.21 Å². The number of carbonyl (C=O) groups excluding carboxylic acids is 1. The Kier molecular flexibility index (Phi) is 5.96. The molecule has 1 amide bonds.